The fourth-order valence-electron chi connectivity index (χ4n) is 0.932. The van der Waals surface area contributed by atoms with Gasteiger partial charge in [-0.15, -0.1) is 0 Å². The van der Waals surface area contributed by atoms with Gasteiger partial charge in [0.15, 0.2) is 5.75 Å². The molecule has 5 nitrogen and oxygen atoms in total. The average molecular weight is 195 g/mol. The third-order valence-corrected chi connectivity index (χ3v) is 1.42. The molecule has 6 heteroatoms. The summed E-state index contributed by atoms with van der Waals surface area (Å²) in [6.07, 6.45) is 3.74. The van der Waals surface area contributed by atoms with Gasteiger partial charge in [-0.2, -0.15) is 0 Å². The van der Waals surface area contributed by atoms with Gasteiger partial charge >= 0.3 is 7.32 Å². The quantitative estimate of drug-likeness (QED) is 0.419. The molecule has 74 valence electrons. The highest BCUT2D eigenvalue weighted by Gasteiger charge is 2.01. The van der Waals surface area contributed by atoms with Crippen molar-refractivity contribution in [3.63, 3.8) is 0 Å². The van der Waals surface area contributed by atoms with Crippen LogP contribution < -0.4 is 10.3 Å². The largest absolute Gasteiger partial charge is 0.631 e. The highest BCUT2D eigenvalue weighted by atomic mass is 16.6. The standard InChI is InChI=1S/C8H7NO.BH3O3/c1-2-4-8-7(3-1)5-6-9-10-8;2-1(3)4/h1-6,9H;2-4H. The van der Waals surface area contributed by atoms with E-state index >= 15 is 0 Å². The van der Waals surface area contributed by atoms with Gasteiger partial charge in [-0.05, 0) is 12.1 Å². The van der Waals surface area contributed by atoms with Crippen molar-refractivity contribution in [1.82, 2.24) is 5.48 Å². The molecule has 1 aromatic carbocycles. The normalized spacial score (nSPS) is 11.4. The molecule has 1 aromatic rings. The number of para-hydroxylation sites is 1. The first-order chi connectivity index (χ1) is 6.70. The molecule has 0 saturated carbocycles. The van der Waals surface area contributed by atoms with Crippen molar-refractivity contribution >= 4 is 13.4 Å². The highest BCUT2D eigenvalue weighted by Crippen LogP contribution is 2.20. The van der Waals surface area contributed by atoms with E-state index in [2.05, 4.69) is 5.48 Å². The average Bonchev–Trinajstić information content (AvgIpc) is 2.17. The van der Waals surface area contributed by atoms with Gasteiger partial charge in [0.25, 0.3) is 0 Å². The molecule has 0 radical (unpaired) electrons. The Labute approximate surface area is 81.4 Å². The molecule has 1 aliphatic heterocycles. The molecule has 2 rings (SSSR count). The summed E-state index contributed by atoms with van der Waals surface area (Å²) >= 11 is 0. The molecule has 0 fully saturated rings. The Morgan fingerprint density at radius 2 is 1.79 bits per heavy atom. The van der Waals surface area contributed by atoms with Crippen LogP contribution in [0.2, 0.25) is 0 Å². The Bertz CT molecular complexity index is 313. The van der Waals surface area contributed by atoms with Gasteiger partial charge in [0.1, 0.15) is 0 Å². The number of fused-ring (bicyclic) bond motifs is 1. The van der Waals surface area contributed by atoms with Crippen LogP contribution in [0.4, 0.5) is 0 Å². The second-order valence-corrected chi connectivity index (χ2v) is 2.44. The van der Waals surface area contributed by atoms with E-state index in [0.29, 0.717) is 0 Å². The molecule has 0 aromatic heterocycles. The smallest absolute Gasteiger partial charge is 0.402 e. The van der Waals surface area contributed by atoms with Gasteiger partial charge in [0, 0.05) is 11.8 Å². The van der Waals surface area contributed by atoms with E-state index in [1.54, 1.807) is 6.20 Å². The van der Waals surface area contributed by atoms with Crippen molar-refractivity contribution in [2.75, 3.05) is 0 Å². The Balaban J connectivity index is 0.000000213. The van der Waals surface area contributed by atoms with Crippen LogP contribution in [-0.4, -0.2) is 22.4 Å². The predicted octanol–water partition coefficient (Wildman–Crippen LogP) is -0.498. The van der Waals surface area contributed by atoms with Crippen LogP contribution in [0, 0.1) is 0 Å². The van der Waals surface area contributed by atoms with Crippen LogP contribution in [0.15, 0.2) is 30.5 Å². The van der Waals surface area contributed by atoms with E-state index < -0.39 is 7.32 Å². The molecule has 0 atom stereocenters. The molecule has 0 saturated heterocycles. The van der Waals surface area contributed by atoms with E-state index in [1.165, 1.54) is 0 Å². The van der Waals surface area contributed by atoms with E-state index in [9.17, 15) is 0 Å². The third kappa shape index (κ3) is 3.48. The van der Waals surface area contributed by atoms with Gasteiger partial charge in [0.2, 0.25) is 0 Å². The molecular weight excluding hydrogens is 185 g/mol. The van der Waals surface area contributed by atoms with Crippen LogP contribution in [0.1, 0.15) is 5.56 Å². The summed E-state index contributed by atoms with van der Waals surface area (Å²) in [5.41, 5.74) is 3.77. The summed E-state index contributed by atoms with van der Waals surface area (Å²) in [6, 6.07) is 7.86. The summed E-state index contributed by atoms with van der Waals surface area (Å²) in [5.74, 6) is 0.880. The topological polar surface area (TPSA) is 82.0 Å². The summed E-state index contributed by atoms with van der Waals surface area (Å²) < 4.78 is 0. The maximum absolute atomic E-state index is 7.17. The third-order valence-electron chi connectivity index (χ3n) is 1.42. The van der Waals surface area contributed by atoms with Gasteiger partial charge in [-0.3, -0.25) is 0 Å². The molecule has 4 N–H and O–H groups in total. The first-order valence-corrected chi connectivity index (χ1v) is 3.92. The van der Waals surface area contributed by atoms with Crippen LogP contribution in [0.3, 0.4) is 0 Å². The lowest BCUT2D eigenvalue weighted by molar-refractivity contribution is 0.239. The zero-order chi connectivity index (χ0) is 10.4. The number of hydrogen-bond donors (Lipinski definition) is 4. The molecule has 1 heterocycles. The molecular formula is C8H10BNO4. The van der Waals surface area contributed by atoms with E-state index in [-0.39, 0.29) is 0 Å². The summed E-state index contributed by atoms with van der Waals surface area (Å²) in [5, 5.41) is 21.5. The van der Waals surface area contributed by atoms with Crippen molar-refractivity contribution in [2.24, 2.45) is 0 Å². The molecule has 14 heavy (non-hydrogen) atoms. The number of benzene rings is 1. The number of hydroxylamine groups is 1. The zero-order valence-electron chi connectivity index (χ0n) is 7.29. The molecule has 0 unspecified atom stereocenters. The fraction of sp³-hybridized carbons (Fsp3) is 0. The predicted molar refractivity (Wildman–Crippen MR) is 51.7 cm³/mol. The van der Waals surface area contributed by atoms with Crippen molar-refractivity contribution in [3.05, 3.63) is 36.0 Å². The molecule has 1 aliphatic rings. The van der Waals surface area contributed by atoms with E-state index in [1.807, 2.05) is 30.3 Å². The summed E-state index contributed by atoms with van der Waals surface area (Å²) in [6.45, 7) is 0. The SMILES string of the molecule is C1=Cc2ccccc2ON1.OB(O)O. The zero-order valence-corrected chi connectivity index (χ0v) is 7.29. The van der Waals surface area contributed by atoms with Crippen molar-refractivity contribution in [1.29, 1.82) is 0 Å². The van der Waals surface area contributed by atoms with Crippen LogP contribution in [0.25, 0.3) is 6.08 Å². The number of rotatable bonds is 0. The maximum Gasteiger partial charge on any atom is 0.631 e. The minimum absolute atomic E-state index is 0.880. The second kappa shape index (κ2) is 5.28. The first kappa shape index (κ1) is 10.6. The highest BCUT2D eigenvalue weighted by molar-refractivity contribution is 6.30. The lowest BCUT2D eigenvalue weighted by Crippen LogP contribution is -2.13. The monoisotopic (exact) mass is 195 g/mol. The Morgan fingerprint density at radius 1 is 1.14 bits per heavy atom. The number of hydrogen-bond acceptors (Lipinski definition) is 5. The molecule has 0 bridgehead atoms. The minimum atomic E-state index is -2.17. The Morgan fingerprint density at radius 3 is 2.43 bits per heavy atom. The molecule has 0 aliphatic carbocycles. The lowest BCUT2D eigenvalue weighted by Gasteiger charge is -2.11. The lowest BCUT2D eigenvalue weighted by atomic mass is 10.2. The summed E-state index contributed by atoms with van der Waals surface area (Å²) in [4.78, 5) is 5.09. The fourth-order valence-corrected chi connectivity index (χ4v) is 0.932. The van der Waals surface area contributed by atoms with Crippen molar-refractivity contribution in [2.45, 2.75) is 0 Å². The second-order valence-electron chi connectivity index (χ2n) is 2.44. The Hall–Kier alpha value is -1.50. The van der Waals surface area contributed by atoms with Gasteiger partial charge in [0.05, 0.1) is 0 Å². The van der Waals surface area contributed by atoms with Crippen LogP contribution in [0.5, 0.6) is 5.75 Å². The minimum Gasteiger partial charge on any atom is -0.402 e. The number of nitrogens with one attached hydrogen (secondary N) is 1. The first-order valence-electron chi connectivity index (χ1n) is 3.92. The van der Waals surface area contributed by atoms with Crippen molar-refractivity contribution < 1.29 is 19.9 Å². The van der Waals surface area contributed by atoms with E-state index in [0.717, 1.165) is 11.3 Å². The van der Waals surface area contributed by atoms with Gasteiger partial charge in [-0.25, -0.2) is 5.48 Å². The molecule has 0 spiro atoms. The molecule has 0 amide bonds. The maximum atomic E-state index is 7.17. The van der Waals surface area contributed by atoms with Crippen molar-refractivity contribution in [3.8, 4) is 5.75 Å². The van der Waals surface area contributed by atoms with Crippen LogP contribution >= 0.6 is 0 Å². The summed E-state index contributed by atoms with van der Waals surface area (Å²) in [7, 11) is -2.17. The van der Waals surface area contributed by atoms with E-state index in [4.69, 9.17) is 19.9 Å². The van der Waals surface area contributed by atoms with Gasteiger partial charge < -0.3 is 19.9 Å². The van der Waals surface area contributed by atoms with Gasteiger partial charge in [-0.1, -0.05) is 18.2 Å². The van der Waals surface area contributed by atoms with Crippen LogP contribution in [-0.2, 0) is 0 Å². The Kier molecular flexibility index (Phi) is 3.99.